The number of carbonyl (C=O) groups excluding carboxylic acids is 3. The van der Waals surface area contributed by atoms with E-state index in [4.69, 9.17) is 14.2 Å². The molecule has 0 radical (unpaired) electrons. The number of allylic oxidation sites excluding steroid dienone is 14. The van der Waals surface area contributed by atoms with Crippen molar-refractivity contribution in [2.24, 2.45) is 0 Å². The van der Waals surface area contributed by atoms with Crippen LogP contribution in [0, 0.1) is 0 Å². The van der Waals surface area contributed by atoms with Crippen molar-refractivity contribution in [1.82, 2.24) is 0 Å². The van der Waals surface area contributed by atoms with Crippen molar-refractivity contribution in [2.75, 3.05) is 13.2 Å². The Morgan fingerprint density at radius 3 is 0.772 bits per heavy atom. The van der Waals surface area contributed by atoms with Gasteiger partial charge in [-0.15, -0.1) is 0 Å². The molecule has 0 rings (SSSR count). The van der Waals surface area contributed by atoms with E-state index in [0.29, 0.717) is 19.3 Å². The van der Waals surface area contributed by atoms with Crippen molar-refractivity contribution in [3.8, 4) is 0 Å². The first-order chi connectivity index (χ1) is 39.0. The predicted octanol–water partition coefficient (Wildman–Crippen LogP) is 23.4. The Balaban J connectivity index is 4.26. The highest BCUT2D eigenvalue weighted by Gasteiger charge is 2.19. The summed E-state index contributed by atoms with van der Waals surface area (Å²) in [4.78, 5) is 38.3. The Morgan fingerprint density at radius 1 is 0.266 bits per heavy atom. The highest BCUT2D eigenvalue weighted by Crippen LogP contribution is 2.18. The van der Waals surface area contributed by atoms with Gasteiger partial charge in [0.1, 0.15) is 13.2 Å². The van der Waals surface area contributed by atoms with Crippen LogP contribution in [0.1, 0.15) is 342 Å². The van der Waals surface area contributed by atoms with Gasteiger partial charge in [-0.3, -0.25) is 14.4 Å². The average Bonchev–Trinajstić information content (AvgIpc) is 3.45. The lowest BCUT2D eigenvalue weighted by molar-refractivity contribution is -0.167. The summed E-state index contributed by atoms with van der Waals surface area (Å²) in [5, 5.41) is 0. The lowest BCUT2D eigenvalue weighted by atomic mass is 10.0. The first-order valence-electron chi connectivity index (χ1n) is 34.1. The number of carbonyl (C=O) groups is 3. The van der Waals surface area contributed by atoms with Crippen LogP contribution in [0.25, 0.3) is 0 Å². The van der Waals surface area contributed by atoms with Crippen LogP contribution in [0.4, 0.5) is 0 Å². The Kier molecular flexibility index (Phi) is 64.2. The second-order valence-electron chi connectivity index (χ2n) is 22.7. The van der Waals surface area contributed by atoms with Crippen LogP contribution in [-0.2, 0) is 28.6 Å². The van der Waals surface area contributed by atoms with Crippen LogP contribution < -0.4 is 0 Å². The van der Waals surface area contributed by atoms with E-state index in [2.05, 4.69) is 106 Å². The molecule has 0 saturated heterocycles. The Morgan fingerprint density at radius 2 is 0.494 bits per heavy atom. The number of esters is 3. The molecule has 0 N–H and O–H groups in total. The van der Waals surface area contributed by atoms with Crippen molar-refractivity contribution in [3.05, 3.63) is 85.1 Å². The maximum absolute atomic E-state index is 12.9. The molecule has 0 aromatic carbocycles. The maximum atomic E-state index is 12.9. The fourth-order valence-electron chi connectivity index (χ4n) is 9.84. The molecule has 0 amide bonds. The summed E-state index contributed by atoms with van der Waals surface area (Å²) in [5.41, 5.74) is 0. The van der Waals surface area contributed by atoms with Crippen molar-refractivity contribution < 1.29 is 28.6 Å². The number of ether oxygens (including phenoxy) is 3. The van der Waals surface area contributed by atoms with Gasteiger partial charge in [-0.1, -0.05) is 331 Å². The summed E-state index contributed by atoms with van der Waals surface area (Å²) < 4.78 is 16.9. The van der Waals surface area contributed by atoms with Gasteiger partial charge in [0.2, 0.25) is 0 Å². The number of rotatable bonds is 62. The van der Waals surface area contributed by atoms with Gasteiger partial charge in [-0.2, -0.15) is 0 Å². The zero-order valence-corrected chi connectivity index (χ0v) is 52.4. The molecule has 1 atom stereocenters. The molecule has 0 spiro atoms. The lowest BCUT2D eigenvalue weighted by Gasteiger charge is -2.18. The van der Waals surface area contributed by atoms with Crippen molar-refractivity contribution in [1.29, 1.82) is 0 Å². The molecule has 0 fully saturated rings. The average molecular weight is 1100 g/mol. The van der Waals surface area contributed by atoms with E-state index in [-0.39, 0.29) is 31.1 Å². The molecular weight excluding hydrogens is 973 g/mol. The highest BCUT2D eigenvalue weighted by molar-refractivity contribution is 5.71. The van der Waals surface area contributed by atoms with E-state index in [1.54, 1.807) is 0 Å². The van der Waals surface area contributed by atoms with E-state index in [9.17, 15) is 14.4 Å². The third-order valence-electron chi connectivity index (χ3n) is 14.9. The van der Waals surface area contributed by atoms with E-state index in [0.717, 1.165) is 109 Å². The molecule has 79 heavy (non-hydrogen) atoms. The zero-order valence-electron chi connectivity index (χ0n) is 52.4. The minimum Gasteiger partial charge on any atom is -0.462 e. The van der Waals surface area contributed by atoms with Crippen LogP contribution in [0.2, 0.25) is 0 Å². The van der Waals surface area contributed by atoms with E-state index >= 15 is 0 Å². The largest absolute Gasteiger partial charge is 0.462 e. The minimum absolute atomic E-state index is 0.0862. The molecular formula is C73H128O6. The number of unbranched alkanes of at least 4 members (excludes halogenated alkanes) is 37. The standard InChI is InChI=1S/C73H128O6/c1-4-7-10-13-16-19-22-24-26-28-30-32-34-36-38-39-41-43-45-47-49-51-54-57-60-63-66-72(75)78-69-70(68-77-71(74)65-62-59-56-53-21-18-15-12-9-6-3)79-73(76)67-64-61-58-55-52-50-48-46-44-42-40-37-35-33-31-29-27-25-23-20-17-14-11-8-5-2/h8,11,17,20,25,27,31,33,37,40,44,46,50,52,70H,4-7,9-10,12-16,18-19,21-24,26,28-30,32,34-36,38-39,41-43,45,47-49,51,53-69H2,1-3H3/b11-8-,20-17-,27-25-,33-31-,40-37-,46-44-,52-50-. The van der Waals surface area contributed by atoms with Gasteiger partial charge in [0.05, 0.1) is 0 Å². The summed E-state index contributed by atoms with van der Waals surface area (Å²) in [7, 11) is 0. The van der Waals surface area contributed by atoms with Gasteiger partial charge in [0.15, 0.2) is 6.10 Å². The van der Waals surface area contributed by atoms with Gasteiger partial charge in [0.25, 0.3) is 0 Å². The maximum Gasteiger partial charge on any atom is 0.306 e. The molecule has 456 valence electrons. The second kappa shape index (κ2) is 67.1. The second-order valence-corrected chi connectivity index (χ2v) is 22.7. The molecule has 6 heteroatoms. The normalized spacial score (nSPS) is 12.6. The highest BCUT2D eigenvalue weighted by atomic mass is 16.6. The van der Waals surface area contributed by atoms with Crippen LogP contribution in [0.15, 0.2) is 85.1 Å². The van der Waals surface area contributed by atoms with Crippen molar-refractivity contribution in [3.63, 3.8) is 0 Å². The quantitative estimate of drug-likeness (QED) is 0.0261. The van der Waals surface area contributed by atoms with Gasteiger partial charge >= 0.3 is 17.9 Å². The molecule has 0 aliphatic rings. The van der Waals surface area contributed by atoms with Gasteiger partial charge in [-0.05, 0) is 77.0 Å². The zero-order chi connectivity index (χ0) is 57.1. The van der Waals surface area contributed by atoms with Crippen LogP contribution in [0.5, 0.6) is 0 Å². The molecule has 6 nitrogen and oxygen atoms in total. The Labute approximate surface area is 490 Å². The molecule has 0 aliphatic heterocycles. The Bertz CT molecular complexity index is 1500. The monoisotopic (exact) mass is 1100 g/mol. The smallest absolute Gasteiger partial charge is 0.306 e. The van der Waals surface area contributed by atoms with Crippen molar-refractivity contribution in [2.45, 2.75) is 348 Å². The predicted molar refractivity (Wildman–Crippen MR) is 344 cm³/mol. The molecule has 1 unspecified atom stereocenters. The fourth-order valence-corrected chi connectivity index (χ4v) is 9.84. The van der Waals surface area contributed by atoms with E-state index < -0.39 is 6.10 Å². The Hall–Kier alpha value is -3.41. The minimum atomic E-state index is -0.793. The van der Waals surface area contributed by atoms with Crippen LogP contribution in [0.3, 0.4) is 0 Å². The topological polar surface area (TPSA) is 78.9 Å². The summed E-state index contributed by atoms with van der Waals surface area (Å²) in [5.74, 6) is -0.905. The SMILES string of the molecule is CC/C=C\C/C=C\C/C=C\C/C=C\C/C=C\C/C=C\C/C=C\CCCCCC(=O)OC(COC(=O)CCCCCCCCCCCC)COC(=O)CCCCCCCCCCCCCCCCCCCCCCCCCCCC. The molecule has 0 aromatic heterocycles. The molecule has 0 bridgehead atoms. The van der Waals surface area contributed by atoms with E-state index in [1.165, 1.54) is 193 Å². The first-order valence-corrected chi connectivity index (χ1v) is 34.1. The summed E-state index contributed by atoms with van der Waals surface area (Å²) in [6.07, 6.45) is 89.0. The fraction of sp³-hybridized carbons (Fsp3) is 0.767. The molecule has 0 aliphatic carbocycles. The third kappa shape index (κ3) is 65.3. The van der Waals surface area contributed by atoms with Gasteiger partial charge in [0, 0.05) is 19.3 Å². The number of hydrogen-bond donors (Lipinski definition) is 0. The van der Waals surface area contributed by atoms with Crippen LogP contribution >= 0.6 is 0 Å². The third-order valence-corrected chi connectivity index (χ3v) is 14.9. The first kappa shape index (κ1) is 75.6. The summed E-state index contributed by atoms with van der Waals surface area (Å²) in [6.45, 7) is 6.53. The van der Waals surface area contributed by atoms with Gasteiger partial charge in [-0.25, -0.2) is 0 Å². The van der Waals surface area contributed by atoms with Crippen LogP contribution in [-0.4, -0.2) is 37.2 Å². The van der Waals surface area contributed by atoms with Crippen molar-refractivity contribution >= 4 is 17.9 Å². The van der Waals surface area contributed by atoms with E-state index in [1.807, 2.05) is 0 Å². The number of hydrogen-bond acceptors (Lipinski definition) is 6. The molecule has 0 saturated carbocycles. The molecule has 0 aromatic rings. The lowest BCUT2D eigenvalue weighted by Crippen LogP contribution is -2.30. The summed E-state index contributed by atoms with van der Waals surface area (Å²) in [6, 6.07) is 0. The molecule has 0 heterocycles. The van der Waals surface area contributed by atoms with Gasteiger partial charge < -0.3 is 14.2 Å². The summed E-state index contributed by atoms with van der Waals surface area (Å²) >= 11 is 0.